The zero-order valence-electron chi connectivity index (χ0n) is 9.71. The molecule has 102 valence electrons. The fourth-order valence-electron chi connectivity index (χ4n) is 1.48. The number of hydrogen-bond donors (Lipinski definition) is 1. The quantitative estimate of drug-likeness (QED) is 0.782. The van der Waals surface area contributed by atoms with Crippen LogP contribution in [-0.2, 0) is 11.2 Å². The molecule has 1 unspecified atom stereocenters. The lowest BCUT2D eigenvalue weighted by molar-refractivity contribution is 0.0153. The van der Waals surface area contributed by atoms with Crippen LogP contribution < -0.4 is 5.73 Å². The van der Waals surface area contributed by atoms with Crippen molar-refractivity contribution < 1.29 is 17.9 Å². The van der Waals surface area contributed by atoms with Crippen molar-refractivity contribution in [2.24, 2.45) is 5.73 Å². The monoisotopic (exact) mass is 325 g/mol. The summed E-state index contributed by atoms with van der Waals surface area (Å²) in [4.78, 5) is 0. The molecule has 1 aromatic rings. The Morgan fingerprint density at radius 1 is 1.33 bits per heavy atom. The molecule has 0 aliphatic heterocycles. The largest absolute Gasteiger partial charge is 0.375 e. The van der Waals surface area contributed by atoms with Crippen molar-refractivity contribution in [3.05, 3.63) is 34.1 Å². The molecule has 1 rings (SSSR count). The Hall–Kier alpha value is -0.590. The molecule has 0 heterocycles. The minimum Gasteiger partial charge on any atom is -0.375 e. The Balaban J connectivity index is 2.33. The van der Waals surface area contributed by atoms with Crippen molar-refractivity contribution in [3.63, 3.8) is 0 Å². The smallest absolute Gasteiger partial charge is 0.261 e. The summed E-state index contributed by atoms with van der Waals surface area (Å²) in [5.74, 6) is -0.320. The van der Waals surface area contributed by atoms with Crippen LogP contribution >= 0.6 is 15.9 Å². The fourth-order valence-corrected chi connectivity index (χ4v) is 1.99. The van der Waals surface area contributed by atoms with Crippen molar-refractivity contribution in [3.8, 4) is 0 Å². The van der Waals surface area contributed by atoms with E-state index in [4.69, 9.17) is 10.5 Å². The van der Waals surface area contributed by atoms with Crippen LogP contribution in [0.4, 0.5) is 13.2 Å². The van der Waals surface area contributed by atoms with Gasteiger partial charge in [-0.3, -0.25) is 0 Å². The fraction of sp³-hybridized carbons (Fsp3) is 0.500. The van der Waals surface area contributed by atoms with Crippen LogP contribution in [0.2, 0.25) is 0 Å². The van der Waals surface area contributed by atoms with E-state index in [0.717, 1.165) is 5.56 Å². The number of nitrogens with two attached hydrogens (primary N) is 1. The SMILES string of the molecule is NC(CCOCC(F)F)Cc1ccc(F)cc1Br. The zero-order chi connectivity index (χ0) is 13.5. The van der Waals surface area contributed by atoms with Gasteiger partial charge in [0.1, 0.15) is 12.4 Å². The van der Waals surface area contributed by atoms with E-state index in [1.807, 2.05) is 0 Å². The number of rotatable bonds is 7. The van der Waals surface area contributed by atoms with Gasteiger partial charge >= 0.3 is 0 Å². The van der Waals surface area contributed by atoms with Gasteiger partial charge in [0.2, 0.25) is 0 Å². The van der Waals surface area contributed by atoms with Crippen LogP contribution in [0.5, 0.6) is 0 Å². The summed E-state index contributed by atoms with van der Waals surface area (Å²) < 4.78 is 41.9. The van der Waals surface area contributed by atoms with Crippen molar-refractivity contribution in [2.75, 3.05) is 13.2 Å². The summed E-state index contributed by atoms with van der Waals surface area (Å²) in [6.07, 6.45) is -1.43. The summed E-state index contributed by atoms with van der Waals surface area (Å²) >= 11 is 3.25. The molecule has 0 fully saturated rings. The minimum absolute atomic E-state index is 0.199. The summed E-state index contributed by atoms with van der Waals surface area (Å²) in [5.41, 5.74) is 6.73. The van der Waals surface area contributed by atoms with Gasteiger partial charge in [0.05, 0.1) is 0 Å². The molecule has 2 N–H and O–H groups in total. The highest BCUT2D eigenvalue weighted by molar-refractivity contribution is 9.10. The molecule has 0 radical (unpaired) electrons. The van der Waals surface area contributed by atoms with Crippen molar-refractivity contribution in [1.29, 1.82) is 0 Å². The molecule has 2 nitrogen and oxygen atoms in total. The summed E-state index contributed by atoms with van der Waals surface area (Å²) in [5, 5.41) is 0. The lowest BCUT2D eigenvalue weighted by Gasteiger charge is -2.13. The summed E-state index contributed by atoms with van der Waals surface area (Å²) in [7, 11) is 0. The van der Waals surface area contributed by atoms with Crippen molar-refractivity contribution in [2.45, 2.75) is 25.3 Å². The molecule has 0 spiro atoms. The minimum atomic E-state index is -2.45. The van der Waals surface area contributed by atoms with Crippen LogP contribution in [0.15, 0.2) is 22.7 Å². The first-order valence-corrected chi connectivity index (χ1v) is 6.33. The van der Waals surface area contributed by atoms with E-state index in [0.29, 0.717) is 17.3 Å². The summed E-state index contributed by atoms with van der Waals surface area (Å²) in [6.45, 7) is -0.364. The molecule has 1 atom stereocenters. The van der Waals surface area contributed by atoms with Gasteiger partial charge in [-0.2, -0.15) is 0 Å². The third-order valence-corrected chi connectivity index (χ3v) is 3.11. The molecule has 0 aromatic heterocycles. The van der Waals surface area contributed by atoms with E-state index < -0.39 is 13.0 Å². The number of alkyl halides is 2. The maximum Gasteiger partial charge on any atom is 0.261 e. The normalized spacial score (nSPS) is 13.0. The average Bonchev–Trinajstić information content (AvgIpc) is 2.28. The van der Waals surface area contributed by atoms with Gasteiger partial charge in [-0.1, -0.05) is 22.0 Å². The van der Waals surface area contributed by atoms with Crippen molar-refractivity contribution >= 4 is 15.9 Å². The van der Waals surface area contributed by atoms with E-state index in [2.05, 4.69) is 15.9 Å². The van der Waals surface area contributed by atoms with Crippen LogP contribution in [0.25, 0.3) is 0 Å². The molecule has 0 bridgehead atoms. The number of ether oxygens (including phenoxy) is 1. The topological polar surface area (TPSA) is 35.2 Å². The molecule has 0 aliphatic carbocycles. The number of halogens is 4. The Labute approximate surface area is 112 Å². The highest BCUT2D eigenvalue weighted by atomic mass is 79.9. The Morgan fingerprint density at radius 2 is 2.06 bits per heavy atom. The van der Waals surface area contributed by atoms with Crippen LogP contribution in [0.3, 0.4) is 0 Å². The van der Waals surface area contributed by atoms with Crippen LogP contribution in [0.1, 0.15) is 12.0 Å². The lowest BCUT2D eigenvalue weighted by Crippen LogP contribution is -2.25. The molecule has 0 aliphatic rings. The van der Waals surface area contributed by atoms with Gasteiger partial charge in [-0.15, -0.1) is 0 Å². The molecule has 6 heteroatoms. The van der Waals surface area contributed by atoms with Gasteiger partial charge in [0.25, 0.3) is 6.43 Å². The van der Waals surface area contributed by atoms with Gasteiger partial charge < -0.3 is 10.5 Å². The number of hydrogen-bond acceptors (Lipinski definition) is 2. The molecule has 0 amide bonds. The average molecular weight is 326 g/mol. The first-order chi connectivity index (χ1) is 8.49. The first kappa shape index (κ1) is 15.5. The van der Waals surface area contributed by atoms with E-state index >= 15 is 0 Å². The Morgan fingerprint density at radius 3 is 2.67 bits per heavy atom. The maximum absolute atomic E-state index is 12.9. The van der Waals surface area contributed by atoms with E-state index in [-0.39, 0.29) is 18.5 Å². The lowest BCUT2D eigenvalue weighted by atomic mass is 10.0. The summed E-state index contributed by atoms with van der Waals surface area (Å²) in [6, 6.07) is 4.18. The molecular weight excluding hydrogens is 311 g/mol. The van der Waals surface area contributed by atoms with Gasteiger partial charge in [0.15, 0.2) is 0 Å². The first-order valence-electron chi connectivity index (χ1n) is 5.54. The number of benzene rings is 1. The van der Waals surface area contributed by atoms with E-state index in [1.54, 1.807) is 6.07 Å². The Bertz CT molecular complexity index is 376. The third-order valence-electron chi connectivity index (χ3n) is 2.37. The predicted octanol–water partition coefficient (Wildman–Crippen LogP) is 3.13. The van der Waals surface area contributed by atoms with Gasteiger partial charge in [0, 0.05) is 17.1 Å². The molecule has 18 heavy (non-hydrogen) atoms. The van der Waals surface area contributed by atoms with Crippen LogP contribution in [-0.4, -0.2) is 25.7 Å². The van der Waals surface area contributed by atoms with E-state index in [1.165, 1.54) is 12.1 Å². The molecule has 0 saturated carbocycles. The zero-order valence-corrected chi connectivity index (χ0v) is 11.3. The second-order valence-corrected chi connectivity index (χ2v) is 4.81. The van der Waals surface area contributed by atoms with Crippen molar-refractivity contribution in [1.82, 2.24) is 0 Å². The van der Waals surface area contributed by atoms with E-state index in [9.17, 15) is 13.2 Å². The second kappa shape index (κ2) is 7.76. The van der Waals surface area contributed by atoms with Gasteiger partial charge in [-0.05, 0) is 30.5 Å². The van der Waals surface area contributed by atoms with Gasteiger partial charge in [-0.25, -0.2) is 13.2 Å². The second-order valence-electron chi connectivity index (χ2n) is 3.95. The van der Waals surface area contributed by atoms with Crippen LogP contribution in [0, 0.1) is 5.82 Å². The maximum atomic E-state index is 12.9. The Kier molecular flexibility index (Phi) is 6.67. The highest BCUT2D eigenvalue weighted by Gasteiger charge is 2.09. The molecular formula is C12H15BrF3NO. The predicted molar refractivity (Wildman–Crippen MR) is 67.2 cm³/mol. The highest BCUT2D eigenvalue weighted by Crippen LogP contribution is 2.19. The standard InChI is InChI=1S/C12H15BrF3NO/c13-11-6-9(14)2-1-8(11)5-10(17)3-4-18-7-12(15)16/h1-2,6,10,12H,3-5,7,17H2. The third kappa shape index (κ3) is 5.84. The molecule has 0 saturated heterocycles. The molecule has 1 aromatic carbocycles.